The van der Waals surface area contributed by atoms with Crippen LogP contribution in [-0.4, -0.2) is 388 Å². The molecule has 0 aliphatic carbocycles. The van der Waals surface area contributed by atoms with Gasteiger partial charge in [-0.15, -0.1) is 0 Å². The summed E-state index contributed by atoms with van der Waals surface area (Å²) in [5.41, 5.74) is 8.36. The number of halogens is 3. The van der Waals surface area contributed by atoms with Gasteiger partial charge in [-0.2, -0.15) is 18.2 Å². The highest BCUT2D eigenvalue weighted by atomic mass is 19.4. The van der Waals surface area contributed by atoms with Gasteiger partial charge in [0.05, 0.1) is 63.7 Å². The van der Waals surface area contributed by atoms with Gasteiger partial charge >= 0.3 is 36.0 Å². The zero-order valence-electron chi connectivity index (χ0n) is 70.7. The summed E-state index contributed by atoms with van der Waals surface area (Å²) in [7, 11) is 0.992. The number of ether oxygens (including phenoxy) is 1. The zero-order valence-corrected chi connectivity index (χ0v) is 70.7. The Kier molecular flexibility index (Phi) is 49.5. The lowest BCUT2D eigenvalue weighted by molar-refractivity contribution is -0.170. The molecule has 0 unspecified atom stereocenters. The Balaban J connectivity index is 2.08. The smallest absolute Gasteiger partial charge is 0.471 e. The van der Waals surface area contributed by atoms with Gasteiger partial charge in [0.25, 0.3) is 11.5 Å². The van der Waals surface area contributed by atoms with Crippen LogP contribution in [0.2, 0.25) is 0 Å². The Bertz CT molecular complexity index is 4410. The summed E-state index contributed by atoms with van der Waals surface area (Å²) in [6.45, 7) is -7.71. The molecule has 2 aromatic heterocycles. The van der Waals surface area contributed by atoms with Gasteiger partial charge in [-0.1, -0.05) is 0 Å². The minimum Gasteiger partial charge on any atom is -0.481 e. The molecule has 12 amide bonds. The first-order chi connectivity index (χ1) is 62.0. The van der Waals surface area contributed by atoms with E-state index >= 15 is 0 Å². The summed E-state index contributed by atoms with van der Waals surface area (Å²) < 4.78 is 46.7. The molecule has 0 saturated carbocycles. The van der Waals surface area contributed by atoms with Crippen molar-refractivity contribution in [1.29, 1.82) is 0 Å². The molecule has 0 fully saturated rings. The fourth-order valence-corrected chi connectivity index (χ4v) is 11.9. The number of aliphatic hydroxyl groups excluding tert-OH is 15. The van der Waals surface area contributed by atoms with Gasteiger partial charge in [-0.05, 0) is 88.5 Å². The number of benzene rings is 1. The largest absolute Gasteiger partial charge is 0.481 e. The molecule has 0 aliphatic rings. The molecular formula is C75H113F3N18O36. The number of alkyl halides is 3. The number of H-pyrrole nitrogens is 1. The van der Waals surface area contributed by atoms with Crippen molar-refractivity contribution in [3.8, 4) is 0 Å². The van der Waals surface area contributed by atoms with Gasteiger partial charge in [-0.25, -0.2) is 14.8 Å². The van der Waals surface area contributed by atoms with Crippen molar-refractivity contribution in [2.24, 2.45) is 5.73 Å². The number of amides is 12. The first-order valence-electron chi connectivity index (χ1n) is 40.6. The van der Waals surface area contributed by atoms with Crippen molar-refractivity contribution < 1.29 is 187 Å². The molecule has 132 heavy (non-hydrogen) atoms. The van der Waals surface area contributed by atoms with E-state index in [1.165, 1.54) is 0 Å². The molecule has 3 aromatic rings. The highest BCUT2D eigenvalue weighted by molar-refractivity contribution is 6.00. The number of aliphatic carboxylic acids is 3. The van der Waals surface area contributed by atoms with E-state index in [0.717, 1.165) is 37.6 Å². The third-order valence-electron chi connectivity index (χ3n) is 19.6. The number of anilines is 2. The number of unbranched alkanes of at least 4 members (excludes halogenated alkanes) is 1. The van der Waals surface area contributed by atoms with Gasteiger partial charge in [0.15, 0.2) is 11.2 Å². The van der Waals surface area contributed by atoms with Gasteiger partial charge in [0, 0.05) is 88.9 Å². The maximum atomic E-state index is 14.8. The topological polar surface area (TPSA) is 906 Å². The van der Waals surface area contributed by atoms with Crippen LogP contribution < -0.4 is 80.4 Å². The Labute approximate surface area is 745 Å². The molecular weight excluding hydrogens is 1790 g/mol. The fourth-order valence-electron chi connectivity index (χ4n) is 11.9. The second-order valence-corrected chi connectivity index (χ2v) is 29.8. The van der Waals surface area contributed by atoms with Crippen LogP contribution in [0.5, 0.6) is 0 Å². The predicted octanol–water partition coefficient (Wildman–Crippen LogP) is -13.8. The number of aromatic nitrogens is 4. The number of nitrogens with one attached hydrogen (secondary N) is 12. The monoisotopic (exact) mass is 1900 g/mol. The van der Waals surface area contributed by atoms with Crippen molar-refractivity contribution in [3.05, 3.63) is 52.1 Å². The summed E-state index contributed by atoms with van der Waals surface area (Å²) in [5, 5.41) is 203. The first kappa shape index (κ1) is 114. The Morgan fingerprint density at radius 2 is 0.833 bits per heavy atom. The normalized spacial score (nSPS) is 15.8. The van der Waals surface area contributed by atoms with Gasteiger partial charge in [-0.3, -0.25) is 86.6 Å². The molecule has 0 aliphatic heterocycles. The fraction of sp³-hybridized carbons (Fsp3) is 0.627. The van der Waals surface area contributed by atoms with E-state index in [-0.39, 0.29) is 66.4 Å². The van der Waals surface area contributed by atoms with Crippen molar-refractivity contribution in [1.82, 2.24) is 78.4 Å². The molecule has 0 saturated heterocycles. The molecule has 54 nitrogen and oxygen atoms in total. The van der Waals surface area contributed by atoms with Crippen LogP contribution in [0.15, 0.2) is 35.3 Å². The number of carboxylic acid groups (broad SMARTS) is 3. The lowest BCUT2D eigenvalue weighted by atomic mass is 10.0. The van der Waals surface area contributed by atoms with E-state index in [9.17, 15) is 181 Å². The van der Waals surface area contributed by atoms with Crippen molar-refractivity contribution in [3.63, 3.8) is 0 Å². The lowest BCUT2D eigenvalue weighted by Gasteiger charge is -2.27. The third-order valence-corrected chi connectivity index (χ3v) is 19.6. The second-order valence-electron chi connectivity index (χ2n) is 29.8. The van der Waals surface area contributed by atoms with Crippen molar-refractivity contribution in [2.75, 3.05) is 70.3 Å². The number of nitrogen functional groups attached to an aromatic ring is 1. The van der Waals surface area contributed by atoms with E-state index in [2.05, 4.69) is 78.4 Å². The van der Waals surface area contributed by atoms with E-state index in [1.54, 1.807) is 0 Å². The maximum Gasteiger partial charge on any atom is 0.471 e. The first-order valence-corrected chi connectivity index (χ1v) is 40.6. The van der Waals surface area contributed by atoms with Crippen LogP contribution >= 0.6 is 0 Å². The van der Waals surface area contributed by atoms with Gasteiger partial charge in [0.2, 0.25) is 65.0 Å². The number of hydrogen-bond acceptors (Lipinski definition) is 38. The minimum absolute atomic E-state index is 0.00302. The molecule has 3 rings (SSSR count). The molecule has 0 radical (unpaired) electrons. The highest BCUT2D eigenvalue weighted by Crippen LogP contribution is 2.27. The molecule has 19 atom stereocenters. The van der Waals surface area contributed by atoms with Crippen LogP contribution in [-0.2, 0) is 83.2 Å². The number of hydrogen-bond donors (Lipinski definition) is 32. The second kappa shape index (κ2) is 57.3. The van der Waals surface area contributed by atoms with Gasteiger partial charge in [0.1, 0.15) is 97.2 Å². The van der Waals surface area contributed by atoms with Gasteiger partial charge < -0.3 is 167 Å². The zero-order chi connectivity index (χ0) is 99.6. The average Bonchev–Trinajstić information content (AvgIpc) is 0.795. The number of methoxy groups -OCH3 is 1. The minimum atomic E-state index is -5.48. The number of esters is 1. The van der Waals surface area contributed by atoms with Crippen molar-refractivity contribution in [2.45, 2.75) is 237 Å². The Hall–Kier alpha value is -12.1. The molecule has 1 aromatic carbocycles. The van der Waals surface area contributed by atoms with E-state index in [1.807, 2.05) is 0 Å². The van der Waals surface area contributed by atoms with E-state index < -0.39 is 363 Å². The SMILES string of the molecule is COC(=O)[C@H](CCCCNC(=O)[C@H](CCC(=O)NC[C@H](O)[C@@H](O)[C@H](O)[C@H](O)CO)NC(=O)[C@H](CCC(=O)O)NC(=O)[C@H](CCC(=O)NC[C@H](O)[C@@H](O)[C@H](O)[C@H](O)CO)NC(=O)[C@H](CCC(=O)O)NC(=O)[C@H](CCC(=O)NC[C@H](O)[C@@H](O)[C@H](O)[C@H](O)CO)NC(=O)CCCNC(=O)c1ccc(N(Cc2cnc3nc(N)[nH]c(=O)c3n2)C(=O)C(F)(F)F)cc1)NC(=O)CC[C@H](N)C(=O)O. The summed E-state index contributed by atoms with van der Waals surface area (Å²) in [5.74, 6) is -21.8. The number of carboxylic acids is 3. The molecule has 0 bridgehead atoms. The van der Waals surface area contributed by atoms with Crippen LogP contribution in [0, 0.1) is 0 Å². The predicted molar refractivity (Wildman–Crippen MR) is 437 cm³/mol. The summed E-state index contributed by atoms with van der Waals surface area (Å²) in [6.07, 6.45) is -41.1. The molecule has 740 valence electrons. The van der Waals surface area contributed by atoms with Crippen molar-refractivity contribution >= 4 is 118 Å². The summed E-state index contributed by atoms with van der Waals surface area (Å²) >= 11 is 0. The van der Waals surface area contributed by atoms with Crippen LogP contribution in [0.3, 0.4) is 0 Å². The summed E-state index contributed by atoms with van der Waals surface area (Å²) in [6, 6.07) is -9.43. The Morgan fingerprint density at radius 3 is 1.23 bits per heavy atom. The number of rotatable bonds is 62. The number of aromatic amines is 1. The maximum absolute atomic E-state index is 14.8. The molecule has 2 heterocycles. The Morgan fingerprint density at radius 1 is 0.455 bits per heavy atom. The third kappa shape index (κ3) is 39.9. The number of fused-ring (bicyclic) bond motifs is 1. The molecule has 57 heteroatoms. The highest BCUT2D eigenvalue weighted by Gasteiger charge is 2.44. The van der Waals surface area contributed by atoms with Crippen LogP contribution in [0.1, 0.15) is 125 Å². The van der Waals surface area contributed by atoms with Crippen LogP contribution in [0.4, 0.5) is 24.8 Å². The average molecular weight is 1900 g/mol. The number of carbonyl (C=O) groups excluding carboxylic acids is 13. The summed E-state index contributed by atoms with van der Waals surface area (Å²) in [4.78, 5) is 240. The van der Waals surface area contributed by atoms with Crippen LogP contribution in [0.25, 0.3) is 11.2 Å². The number of aliphatic hydroxyl groups is 15. The standard InChI is InChI=1S/C75H113F3N18O36/c1-132-72(130)42(89-53(110)17-11-36(79)71(128)129)5-2-3-23-82-65(122)37(12-18-49(106)83-26-43(100)57(115)60(118)46(103)30-97)90-68(125)40(15-21-54(111)112)93-67(124)39(14-20-51(108)85-28-45(102)59(117)62(120)48(105)32-99)91-69(126)41(16-22-55(113)114)92-66(123)38(13-19-50(107)84-27-44(101)58(116)61(119)47(104)31-98)88-52(109)6-4-24-81-64(121)33-7-9-35(10-8-33)96(73(131)75(76,77)78)29-34-25-86-63-56(87-34)70(127)95-74(80)94-63/h7-10,25,36-48,57-62,97-105,115-120H,2-6,11-24,26-32,79H2,1H3,(H,81,121)(H,82,122)(H,83,106)(H,84,107)(H,85,108)(H,88,109)(H,89,110)(H,90,125)(H,91,126)(H,92,123)(H,93,124)(H,111,112)(H,113,114)(H,128,129)(H3,80,86,94,95,127)/t36-,37-,38-,39-,40-,41-,42-,43-,44-,45-,46+,47+,48+,57+,58+,59+,60+,61+,62+/m0/s1. The molecule has 0 spiro atoms. The number of nitrogens with zero attached hydrogens (tertiary/aromatic N) is 4. The molecule has 34 N–H and O–H groups in total. The van der Waals surface area contributed by atoms with E-state index in [0.29, 0.717) is 0 Å². The number of nitrogens with two attached hydrogens (primary N) is 2. The van der Waals surface area contributed by atoms with E-state index in [4.69, 9.17) is 21.3 Å². The quantitative estimate of drug-likeness (QED) is 0.0184. The number of carbonyl (C=O) groups is 16. The lowest BCUT2D eigenvalue weighted by Crippen LogP contribution is -2.59.